The van der Waals surface area contributed by atoms with Crippen LogP contribution in [0.1, 0.15) is 37.6 Å². The fourth-order valence-corrected chi connectivity index (χ4v) is 2.78. The van der Waals surface area contributed by atoms with Crippen molar-refractivity contribution >= 4 is 0 Å². The van der Waals surface area contributed by atoms with E-state index >= 15 is 0 Å². The molecule has 0 radical (unpaired) electrons. The molecule has 1 aromatic heterocycles. The molecule has 1 heterocycles. The van der Waals surface area contributed by atoms with Crippen molar-refractivity contribution in [3.63, 3.8) is 0 Å². The lowest BCUT2D eigenvalue weighted by Crippen LogP contribution is -2.46. The van der Waals surface area contributed by atoms with Gasteiger partial charge in [-0.15, -0.1) is 0 Å². The predicted octanol–water partition coefficient (Wildman–Crippen LogP) is 2.64. The molecule has 0 saturated heterocycles. The summed E-state index contributed by atoms with van der Waals surface area (Å²) in [5.41, 5.74) is 9.42. The number of rotatable bonds is 5. The Hall–Kier alpha value is -1.13. The maximum Gasteiger partial charge on any atom is 0.128 e. The van der Waals surface area contributed by atoms with E-state index in [1.807, 2.05) is 20.0 Å². The van der Waals surface area contributed by atoms with Crippen molar-refractivity contribution in [1.29, 1.82) is 0 Å². The number of methoxy groups -OCH3 is 2. The van der Waals surface area contributed by atoms with Gasteiger partial charge >= 0.3 is 0 Å². The molecular weight excluding hydrogens is 252 g/mol. The van der Waals surface area contributed by atoms with E-state index in [-0.39, 0.29) is 17.6 Å². The number of aromatic nitrogens is 1. The molecule has 114 valence electrons. The Kier molecular flexibility index (Phi) is 5.54. The van der Waals surface area contributed by atoms with E-state index in [4.69, 9.17) is 15.2 Å². The van der Waals surface area contributed by atoms with Crippen LogP contribution in [0.2, 0.25) is 0 Å². The number of nitrogens with zero attached hydrogens (tertiary/aromatic N) is 1. The molecule has 4 heteroatoms. The summed E-state index contributed by atoms with van der Waals surface area (Å²) in [4.78, 5) is 4.51. The zero-order valence-electron chi connectivity index (χ0n) is 13.8. The van der Waals surface area contributed by atoms with Crippen molar-refractivity contribution < 1.29 is 9.47 Å². The number of pyridine rings is 1. The van der Waals surface area contributed by atoms with E-state index < -0.39 is 0 Å². The van der Waals surface area contributed by atoms with Gasteiger partial charge in [0.25, 0.3) is 0 Å². The highest BCUT2D eigenvalue weighted by molar-refractivity contribution is 5.41. The molecule has 0 fully saturated rings. The van der Waals surface area contributed by atoms with E-state index in [2.05, 4.69) is 25.8 Å². The zero-order chi connectivity index (χ0) is 15.5. The number of hydrogen-bond acceptors (Lipinski definition) is 4. The second kappa shape index (κ2) is 6.55. The maximum absolute atomic E-state index is 6.34. The number of ether oxygens (including phenoxy) is 2. The minimum absolute atomic E-state index is 0.00312. The van der Waals surface area contributed by atoms with Crippen LogP contribution in [0.5, 0.6) is 5.75 Å². The van der Waals surface area contributed by atoms with Gasteiger partial charge in [0.15, 0.2) is 0 Å². The fraction of sp³-hybridized carbons (Fsp3) is 0.688. The average Bonchev–Trinajstić information content (AvgIpc) is 2.32. The van der Waals surface area contributed by atoms with Crippen LogP contribution in [0.15, 0.2) is 6.20 Å². The standard InChI is InChI=1S/C16H28N2O2/c1-10-9-18-13(11(2)14(10)19-6)8-12(17)15(20-7)16(3,4)5/h9,12,15H,8,17H2,1-7H3. The molecule has 20 heavy (non-hydrogen) atoms. The molecule has 0 spiro atoms. The third kappa shape index (κ3) is 3.70. The third-order valence-corrected chi connectivity index (χ3v) is 3.68. The van der Waals surface area contributed by atoms with Crippen LogP contribution in [-0.4, -0.2) is 31.3 Å². The second-order valence-corrected chi connectivity index (χ2v) is 6.44. The predicted molar refractivity (Wildman–Crippen MR) is 82.2 cm³/mol. The summed E-state index contributed by atoms with van der Waals surface area (Å²) in [5, 5.41) is 0. The monoisotopic (exact) mass is 280 g/mol. The van der Waals surface area contributed by atoms with Crippen LogP contribution in [0.25, 0.3) is 0 Å². The van der Waals surface area contributed by atoms with Crippen LogP contribution >= 0.6 is 0 Å². The number of nitrogens with two attached hydrogens (primary N) is 1. The van der Waals surface area contributed by atoms with Crippen molar-refractivity contribution in [3.8, 4) is 5.75 Å². The number of aryl methyl sites for hydroxylation is 1. The van der Waals surface area contributed by atoms with E-state index in [0.717, 1.165) is 22.6 Å². The van der Waals surface area contributed by atoms with Gasteiger partial charge in [0.1, 0.15) is 5.75 Å². The highest BCUT2D eigenvalue weighted by Gasteiger charge is 2.31. The summed E-state index contributed by atoms with van der Waals surface area (Å²) in [6.45, 7) is 10.4. The van der Waals surface area contributed by atoms with Gasteiger partial charge in [0.2, 0.25) is 0 Å². The minimum Gasteiger partial charge on any atom is -0.496 e. The molecule has 0 saturated carbocycles. The Morgan fingerprint density at radius 2 is 1.85 bits per heavy atom. The van der Waals surface area contributed by atoms with Gasteiger partial charge in [0, 0.05) is 42.6 Å². The molecule has 1 aromatic rings. The zero-order valence-corrected chi connectivity index (χ0v) is 13.8. The quantitative estimate of drug-likeness (QED) is 0.901. The van der Waals surface area contributed by atoms with E-state index in [9.17, 15) is 0 Å². The van der Waals surface area contributed by atoms with Crippen molar-refractivity contribution in [2.24, 2.45) is 11.1 Å². The molecule has 2 unspecified atom stereocenters. The third-order valence-electron chi connectivity index (χ3n) is 3.68. The molecule has 0 aliphatic heterocycles. The largest absolute Gasteiger partial charge is 0.496 e. The van der Waals surface area contributed by atoms with Gasteiger partial charge in [-0.25, -0.2) is 0 Å². The lowest BCUT2D eigenvalue weighted by Gasteiger charge is -2.34. The molecule has 0 aliphatic carbocycles. The lowest BCUT2D eigenvalue weighted by atomic mass is 9.83. The first-order valence-electron chi connectivity index (χ1n) is 6.99. The van der Waals surface area contributed by atoms with Crippen LogP contribution in [-0.2, 0) is 11.2 Å². The molecular formula is C16H28N2O2. The van der Waals surface area contributed by atoms with Gasteiger partial charge in [-0.2, -0.15) is 0 Å². The first-order chi connectivity index (χ1) is 9.22. The summed E-state index contributed by atoms with van der Waals surface area (Å²) in [5.74, 6) is 0.895. The average molecular weight is 280 g/mol. The Morgan fingerprint density at radius 1 is 1.25 bits per heavy atom. The fourth-order valence-electron chi connectivity index (χ4n) is 2.78. The summed E-state index contributed by atoms with van der Waals surface area (Å²) in [7, 11) is 3.40. The first kappa shape index (κ1) is 16.9. The minimum atomic E-state index is -0.0985. The molecule has 0 bridgehead atoms. The highest BCUT2D eigenvalue weighted by Crippen LogP contribution is 2.28. The van der Waals surface area contributed by atoms with Gasteiger partial charge in [-0.1, -0.05) is 20.8 Å². The smallest absolute Gasteiger partial charge is 0.128 e. The molecule has 0 aliphatic rings. The summed E-state index contributed by atoms with van der Waals surface area (Å²) in [6.07, 6.45) is 2.50. The maximum atomic E-state index is 6.34. The van der Waals surface area contributed by atoms with Crippen LogP contribution in [0.4, 0.5) is 0 Å². The SMILES string of the molecule is COc1c(C)cnc(CC(N)C(OC)C(C)(C)C)c1C. The molecule has 4 nitrogen and oxygen atoms in total. The van der Waals surface area contributed by atoms with Gasteiger partial charge < -0.3 is 15.2 Å². The second-order valence-electron chi connectivity index (χ2n) is 6.44. The molecule has 0 amide bonds. The number of hydrogen-bond donors (Lipinski definition) is 1. The van der Waals surface area contributed by atoms with Crippen LogP contribution in [0, 0.1) is 19.3 Å². The molecule has 0 aromatic carbocycles. The van der Waals surface area contributed by atoms with Gasteiger partial charge in [0.05, 0.1) is 13.2 Å². The summed E-state index contributed by atoms with van der Waals surface area (Å²) >= 11 is 0. The van der Waals surface area contributed by atoms with Crippen molar-refractivity contribution in [2.75, 3.05) is 14.2 Å². The molecule has 2 atom stereocenters. The summed E-state index contributed by atoms with van der Waals surface area (Å²) in [6, 6.07) is -0.0985. The van der Waals surface area contributed by atoms with Crippen molar-refractivity contribution in [2.45, 2.75) is 53.2 Å². The van der Waals surface area contributed by atoms with Crippen LogP contribution in [0.3, 0.4) is 0 Å². The Labute approximate surface area is 122 Å². The van der Waals surface area contributed by atoms with Crippen molar-refractivity contribution in [1.82, 2.24) is 4.98 Å². The normalized spacial score (nSPS) is 15.0. The Morgan fingerprint density at radius 3 is 2.30 bits per heavy atom. The van der Waals surface area contributed by atoms with E-state index in [1.165, 1.54) is 0 Å². The van der Waals surface area contributed by atoms with E-state index in [1.54, 1.807) is 14.2 Å². The van der Waals surface area contributed by atoms with Crippen LogP contribution < -0.4 is 10.5 Å². The Bertz CT molecular complexity index is 453. The molecule has 1 rings (SSSR count). The van der Waals surface area contributed by atoms with E-state index in [0.29, 0.717) is 6.42 Å². The Balaban J connectivity index is 2.99. The van der Waals surface area contributed by atoms with Gasteiger partial charge in [-0.3, -0.25) is 4.98 Å². The topological polar surface area (TPSA) is 57.4 Å². The van der Waals surface area contributed by atoms with Gasteiger partial charge in [-0.05, 0) is 19.3 Å². The van der Waals surface area contributed by atoms with Crippen molar-refractivity contribution in [3.05, 3.63) is 23.0 Å². The lowest BCUT2D eigenvalue weighted by molar-refractivity contribution is -0.00188. The first-order valence-corrected chi connectivity index (χ1v) is 6.99. The molecule has 2 N–H and O–H groups in total. The highest BCUT2D eigenvalue weighted by atomic mass is 16.5. The summed E-state index contributed by atoms with van der Waals surface area (Å²) < 4.78 is 11.0.